The molecule has 8 heteroatoms. The first-order valence-corrected chi connectivity index (χ1v) is 12.4. The summed E-state index contributed by atoms with van der Waals surface area (Å²) in [6.45, 7) is 0. The number of aromatic nitrogens is 3. The van der Waals surface area contributed by atoms with Crippen molar-refractivity contribution >= 4 is 57.8 Å². The van der Waals surface area contributed by atoms with Gasteiger partial charge in [0.15, 0.2) is 5.16 Å². The van der Waals surface area contributed by atoms with E-state index in [0.29, 0.717) is 15.2 Å². The Morgan fingerprint density at radius 1 is 0.758 bits per heavy atom. The number of hydrogen-bond donors (Lipinski definition) is 1. The number of phenolic OH excluding ortho intramolecular Hbond substituents is 1. The highest BCUT2D eigenvalue weighted by atomic mass is 35.5. The maximum absolute atomic E-state index is 9.68. The van der Waals surface area contributed by atoms with E-state index in [1.807, 2.05) is 67.7 Å². The maximum Gasteiger partial charge on any atom is 0.195 e. The Balaban J connectivity index is 1.63. The van der Waals surface area contributed by atoms with Crippen LogP contribution in [-0.4, -0.2) is 19.6 Å². The van der Waals surface area contributed by atoms with Crippen molar-refractivity contribution in [2.45, 2.75) is 20.0 Å². The SMILES string of the molecule is Cn1c(-c2ccc(O)cc2)cc2c(Sc3ccc(Cl)cc3)nc(Sc3ccc(Cl)cc3)nc21. The average molecular weight is 510 g/mol. The molecule has 2 aromatic heterocycles. The summed E-state index contributed by atoms with van der Waals surface area (Å²) in [5.41, 5.74) is 2.81. The van der Waals surface area contributed by atoms with Gasteiger partial charge in [0, 0.05) is 26.9 Å². The van der Waals surface area contributed by atoms with E-state index in [9.17, 15) is 5.11 Å². The first-order chi connectivity index (χ1) is 16.0. The zero-order chi connectivity index (χ0) is 22.9. The number of aryl methyl sites for hydroxylation is 1. The molecule has 33 heavy (non-hydrogen) atoms. The van der Waals surface area contributed by atoms with Gasteiger partial charge in [-0.25, -0.2) is 9.97 Å². The van der Waals surface area contributed by atoms with E-state index >= 15 is 0 Å². The predicted molar refractivity (Wildman–Crippen MR) is 137 cm³/mol. The van der Waals surface area contributed by atoms with Crippen LogP contribution in [-0.2, 0) is 7.05 Å². The van der Waals surface area contributed by atoms with Gasteiger partial charge in [-0.05, 0) is 96.2 Å². The largest absolute Gasteiger partial charge is 0.508 e. The summed E-state index contributed by atoms with van der Waals surface area (Å²) in [6.07, 6.45) is 0. The van der Waals surface area contributed by atoms with E-state index in [1.165, 1.54) is 11.8 Å². The Labute approximate surface area is 209 Å². The fourth-order valence-corrected chi connectivity index (χ4v) is 5.35. The van der Waals surface area contributed by atoms with Crippen LogP contribution in [0.2, 0.25) is 10.0 Å². The normalized spacial score (nSPS) is 11.2. The molecular weight excluding hydrogens is 493 g/mol. The molecule has 1 N–H and O–H groups in total. The van der Waals surface area contributed by atoms with E-state index in [4.69, 9.17) is 33.2 Å². The summed E-state index contributed by atoms with van der Waals surface area (Å²) in [5.74, 6) is 0.234. The van der Waals surface area contributed by atoms with Crippen LogP contribution in [0.4, 0.5) is 0 Å². The quantitative estimate of drug-likeness (QED) is 0.192. The van der Waals surface area contributed by atoms with Gasteiger partial charge in [0.2, 0.25) is 0 Å². The number of halogens is 2. The summed E-state index contributed by atoms with van der Waals surface area (Å²) in [6, 6.07) is 24.6. The molecule has 3 aromatic carbocycles. The van der Waals surface area contributed by atoms with E-state index in [0.717, 1.165) is 37.1 Å². The average Bonchev–Trinajstić information content (AvgIpc) is 3.14. The van der Waals surface area contributed by atoms with Gasteiger partial charge in [-0.1, -0.05) is 35.0 Å². The van der Waals surface area contributed by atoms with E-state index in [1.54, 1.807) is 23.9 Å². The van der Waals surface area contributed by atoms with Crippen molar-refractivity contribution in [2.24, 2.45) is 7.05 Å². The van der Waals surface area contributed by atoms with Gasteiger partial charge in [-0.15, -0.1) is 0 Å². The molecule has 5 rings (SSSR count). The molecular formula is C25H17Cl2N3OS2. The summed E-state index contributed by atoms with van der Waals surface area (Å²) in [4.78, 5) is 11.8. The van der Waals surface area contributed by atoms with Crippen LogP contribution in [0.15, 0.2) is 98.8 Å². The number of benzene rings is 3. The lowest BCUT2D eigenvalue weighted by Gasteiger charge is -2.08. The molecule has 0 saturated heterocycles. The smallest absolute Gasteiger partial charge is 0.195 e. The minimum Gasteiger partial charge on any atom is -0.508 e. The van der Waals surface area contributed by atoms with Gasteiger partial charge < -0.3 is 9.67 Å². The molecule has 0 fully saturated rings. The number of fused-ring (bicyclic) bond motifs is 1. The number of phenols is 1. The molecule has 0 aliphatic rings. The van der Waals surface area contributed by atoms with Gasteiger partial charge in [-0.2, -0.15) is 0 Å². The molecule has 0 bridgehead atoms. The van der Waals surface area contributed by atoms with Crippen LogP contribution in [0.3, 0.4) is 0 Å². The Morgan fingerprint density at radius 2 is 1.33 bits per heavy atom. The highest BCUT2D eigenvalue weighted by molar-refractivity contribution is 8.00. The topological polar surface area (TPSA) is 50.9 Å². The molecule has 0 amide bonds. The van der Waals surface area contributed by atoms with Crippen molar-refractivity contribution < 1.29 is 5.11 Å². The van der Waals surface area contributed by atoms with Crippen LogP contribution in [0, 0.1) is 0 Å². The first-order valence-electron chi connectivity index (χ1n) is 10.00. The maximum atomic E-state index is 9.68. The standard InChI is InChI=1S/C25H17Cl2N3OS2/c1-30-22(15-2-8-18(31)9-3-15)14-21-23(30)28-25(33-20-12-6-17(27)7-13-20)29-24(21)32-19-10-4-16(26)5-11-19/h2-14,31H,1H3. The fourth-order valence-electron chi connectivity index (χ4n) is 3.40. The third kappa shape index (κ3) is 4.84. The van der Waals surface area contributed by atoms with Crippen LogP contribution >= 0.6 is 46.7 Å². The van der Waals surface area contributed by atoms with Crippen molar-refractivity contribution in [3.8, 4) is 17.0 Å². The summed E-state index contributed by atoms with van der Waals surface area (Å²) in [7, 11) is 1.99. The monoisotopic (exact) mass is 509 g/mol. The lowest BCUT2D eigenvalue weighted by molar-refractivity contribution is 0.475. The predicted octanol–water partition coefficient (Wildman–Crippen LogP) is 7.95. The Kier molecular flexibility index (Phi) is 6.25. The van der Waals surface area contributed by atoms with Gasteiger partial charge in [0.25, 0.3) is 0 Å². The molecule has 5 aromatic rings. The molecule has 0 spiro atoms. The molecule has 0 aliphatic carbocycles. The van der Waals surface area contributed by atoms with Crippen LogP contribution in [0.1, 0.15) is 0 Å². The molecule has 0 radical (unpaired) electrons. The Hall–Kier alpha value is -2.64. The zero-order valence-corrected chi connectivity index (χ0v) is 20.5. The molecule has 0 unspecified atom stereocenters. The van der Waals surface area contributed by atoms with Crippen molar-refractivity contribution in [3.05, 3.63) is 88.9 Å². The van der Waals surface area contributed by atoms with Crippen LogP contribution in [0.25, 0.3) is 22.3 Å². The number of aromatic hydroxyl groups is 1. The lowest BCUT2D eigenvalue weighted by atomic mass is 10.1. The molecule has 0 saturated carbocycles. The first kappa shape index (κ1) is 22.2. The van der Waals surface area contributed by atoms with Crippen molar-refractivity contribution in [1.82, 2.24) is 14.5 Å². The number of nitrogens with zero attached hydrogens (tertiary/aromatic N) is 3. The van der Waals surface area contributed by atoms with Crippen molar-refractivity contribution in [2.75, 3.05) is 0 Å². The Morgan fingerprint density at radius 3 is 1.94 bits per heavy atom. The van der Waals surface area contributed by atoms with E-state index in [-0.39, 0.29) is 5.75 Å². The van der Waals surface area contributed by atoms with Gasteiger partial charge in [0.05, 0.1) is 11.1 Å². The summed E-state index contributed by atoms with van der Waals surface area (Å²) < 4.78 is 2.06. The lowest BCUT2D eigenvalue weighted by Crippen LogP contribution is -1.96. The minimum atomic E-state index is 0.234. The van der Waals surface area contributed by atoms with Gasteiger partial charge >= 0.3 is 0 Å². The highest BCUT2D eigenvalue weighted by Crippen LogP contribution is 2.38. The summed E-state index contributed by atoms with van der Waals surface area (Å²) >= 11 is 15.2. The minimum absolute atomic E-state index is 0.234. The second-order valence-electron chi connectivity index (χ2n) is 7.30. The van der Waals surface area contributed by atoms with Crippen LogP contribution < -0.4 is 0 Å². The van der Waals surface area contributed by atoms with E-state index < -0.39 is 0 Å². The van der Waals surface area contributed by atoms with E-state index in [2.05, 4.69) is 10.6 Å². The Bertz CT molecular complexity index is 1430. The second-order valence-corrected chi connectivity index (χ2v) is 10.3. The molecule has 0 atom stereocenters. The second kappa shape index (κ2) is 9.31. The third-order valence-electron chi connectivity index (χ3n) is 5.04. The molecule has 164 valence electrons. The fraction of sp³-hybridized carbons (Fsp3) is 0.0400. The third-order valence-corrected chi connectivity index (χ3v) is 7.43. The molecule has 0 aliphatic heterocycles. The summed E-state index contributed by atoms with van der Waals surface area (Å²) in [5, 5.41) is 13.5. The van der Waals surface area contributed by atoms with Crippen molar-refractivity contribution in [3.63, 3.8) is 0 Å². The molecule has 4 nitrogen and oxygen atoms in total. The van der Waals surface area contributed by atoms with Gasteiger partial charge in [0.1, 0.15) is 16.4 Å². The van der Waals surface area contributed by atoms with Gasteiger partial charge in [-0.3, -0.25) is 0 Å². The zero-order valence-electron chi connectivity index (χ0n) is 17.4. The van der Waals surface area contributed by atoms with Crippen molar-refractivity contribution in [1.29, 1.82) is 0 Å². The number of rotatable bonds is 5. The molecule has 2 heterocycles. The number of hydrogen-bond acceptors (Lipinski definition) is 5. The highest BCUT2D eigenvalue weighted by Gasteiger charge is 2.17. The van der Waals surface area contributed by atoms with Crippen LogP contribution in [0.5, 0.6) is 5.75 Å².